The molecule has 2 aromatic rings. The zero-order chi connectivity index (χ0) is 10.3. The van der Waals surface area contributed by atoms with E-state index >= 15 is 0 Å². The van der Waals surface area contributed by atoms with Crippen LogP contribution in [0.25, 0.3) is 5.69 Å². The van der Waals surface area contributed by atoms with E-state index in [2.05, 4.69) is 10.2 Å². The zero-order valence-electron chi connectivity index (χ0n) is 8.10. The first-order valence-corrected chi connectivity index (χ1v) is 5.40. The normalized spacial score (nSPS) is 15.5. The molecule has 0 saturated heterocycles. The van der Waals surface area contributed by atoms with Crippen LogP contribution in [0.3, 0.4) is 0 Å². The van der Waals surface area contributed by atoms with Gasteiger partial charge in [0.15, 0.2) is 0 Å². The number of aromatic nitrogens is 3. The molecule has 0 aliphatic heterocycles. The van der Waals surface area contributed by atoms with Crippen LogP contribution in [-0.4, -0.2) is 14.8 Å². The molecule has 0 N–H and O–H groups in total. The van der Waals surface area contributed by atoms with E-state index in [0.29, 0.717) is 11.2 Å². The summed E-state index contributed by atoms with van der Waals surface area (Å²) < 4.78 is 1.93. The lowest BCUT2D eigenvalue weighted by Gasteiger charge is -2.05. The van der Waals surface area contributed by atoms with E-state index < -0.39 is 0 Å². The molecule has 0 atom stereocenters. The van der Waals surface area contributed by atoms with Gasteiger partial charge in [-0.2, -0.15) is 0 Å². The van der Waals surface area contributed by atoms with E-state index in [-0.39, 0.29) is 0 Å². The van der Waals surface area contributed by atoms with Gasteiger partial charge in [0, 0.05) is 11.6 Å². The minimum atomic E-state index is 0.447. The van der Waals surface area contributed by atoms with Crippen LogP contribution in [0, 0.1) is 0 Å². The van der Waals surface area contributed by atoms with Gasteiger partial charge in [-0.25, -0.2) is 0 Å². The van der Waals surface area contributed by atoms with Gasteiger partial charge >= 0.3 is 0 Å². The molecule has 3 rings (SSSR count). The maximum absolute atomic E-state index is 6.04. The van der Waals surface area contributed by atoms with E-state index in [4.69, 9.17) is 11.6 Å². The van der Waals surface area contributed by atoms with Gasteiger partial charge in [0.05, 0.1) is 0 Å². The van der Waals surface area contributed by atoms with Crippen LogP contribution >= 0.6 is 11.6 Å². The van der Waals surface area contributed by atoms with Gasteiger partial charge in [-0.15, -0.1) is 10.2 Å². The highest BCUT2D eigenvalue weighted by atomic mass is 35.5. The molecule has 0 radical (unpaired) electrons. The van der Waals surface area contributed by atoms with Crippen molar-refractivity contribution in [2.24, 2.45) is 0 Å². The third-order valence-corrected chi connectivity index (χ3v) is 2.85. The Labute approximate surface area is 92.7 Å². The van der Waals surface area contributed by atoms with Crippen molar-refractivity contribution < 1.29 is 0 Å². The standard InChI is InChI=1S/C11H10ClN3/c12-11-14-13-10(8-6-7-8)15(11)9-4-2-1-3-5-9/h1-5,8H,6-7H2. The minimum Gasteiger partial charge on any atom is -0.270 e. The summed E-state index contributed by atoms with van der Waals surface area (Å²) in [7, 11) is 0. The first kappa shape index (κ1) is 8.92. The number of para-hydroxylation sites is 1. The van der Waals surface area contributed by atoms with Crippen molar-refractivity contribution in [2.45, 2.75) is 18.8 Å². The molecule has 1 aromatic heterocycles. The molecule has 1 aliphatic rings. The number of benzene rings is 1. The first-order chi connectivity index (χ1) is 7.36. The molecule has 4 heteroatoms. The lowest BCUT2D eigenvalue weighted by molar-refractivity contribution is 0.872. The predicted octanol–water partition coefficient (Wildman–Crippen LogP) is 2.80. The fourth-order valence-electron chi connectivity index (χ4n) is 1.70. The fourth-order valence-corrected chi connectivity index (χ4v) is 1.92. The fraction of sp³-hybridized carbons (Fsp3) is 0.273. The largest absolute Gasteiger partial charge is 0.270 e. The molecule has 0 unspecified atom stereocenters. The Kier molecular flexibility index (Phi) is 1.99. The molecule has 1 fully saturated rings. The molecular weight excluding hydrogens is 210 g/mol. The second-order valence-corrected chi connectivity index (χ2v) is 4.11. The number of halogens is 1. The Balaban J connectivity index is 2.13. The highest BCUT2D eigenvalue weighted by molar-refractivity contribution is 6.28. The zero-order valence-corrected chi connectivity index (χ0v) is 8.85. The Hall–Kier alpha value is -1.35. The summed E-state index contributed by atoms with van der Waals surface area (Å²) in [6.45, 7) is 0. The van der Waals surface area contributed by atoms with Gasteiger partial charge in [0.2, 0.25) is 5.28 Å². The van der Waals surface area contributed by atoms with E-state index in [1.807, 2.05) is 34.9 Å². The van der Waals surface area contributed by atoms with Crippen LogP contribution in [0.1, 0.15) is 24.6 Å². The highest BCUT2D eigenvalue weighted by Crippen LogP contribution is 2.40. The van der Waals surface area contributed by atoms with E-state index in [1.54, 1.807) is 0 Å². The third kappa shape index (κ3) is 1.53. The summed E-state index contributed by atoms with van der Waals surface area (Å²) in [4.78, 5) is 0. The second kappa shape index (κ2) is 3.35. The summed E-state index contributed by atoms with van der Waals surface area (Å²) in [5, 5.41) is 8.52. The quantitative estimate of drug-likeness (QED) is 0.778. The number of hydrogen-bond donors (Lipinski definition) is 0. The van der Waals surface area contributed by atoms with Crippen LogP contribution < -0.4 is 0 Å². The summed E-state index contributed by atoms with van der Waals surface area (Å²) in [6, 6.07) is 9.99. The second-order valence-electron chi connectivity index (χ2n) is 3.77. The molecule has 1 saturated carbocycles. The van der Waals surface area contributed by atoms with Crippen molar-refractivity contribution in [3.63, 3.8) is 0 Å². The molecule has 0 bridgehead atoms. The van der Waals surface area contributed by atoms with Crippen LogP contribution in [0.5, 0.6) is 0 Å². The van der Waals surface area contributed by atoms with Crippen LogP contribution in [-0.2, 0) is 0 Å². The Bertz CT molecular complexity index is 474. The highest BCUT2D eigenvalue weighted by Gasteiger charge is 2.30. The molecule has 1 aliphatic carbocycles. The summed E-state index contributed by atoms with van der Waals surface area (Å²) in [5.41, 5.74) is 1.04. The SMILES string of the molecule is Clc1nnc(C2CC2)n1-c1ccccc1. The first-order valence-electron chi connectivity index (χ1n) is 5.02. The van der Waals surface area contributed by atoms with E-state index in [0.717, 1.165) is 11.5 Å². The lowest BCUT2D eigenvalue weighted by atomic mass is 10.3. The van der Waals surface area contributed by atoms with Crippen molar-refractivity contribution in [3.05, 3.63) is 41.4 Å². The van der Waals surface area contributed by atoms with Gasteiger partial charge in [-0.3, -0.25) is 4.57 Å². The molecule has 15 heavy (non-hydrogen) atoms. The summed E-state index contributed by atoms with van der Waals surface area (Å²) >= 11 is 6.04. The average molecular weight is 220 g/mol. The third-order valence-electron chi connectivity index (χ3n) is 2.61. The number of rotatable bonds is 2. The molecule has 1 aromatic carbocycles. The minimum absolute atomic E-state index is 0.447. The van der Waals surface area contributed by atoms with Gasteiger partial charge in [0.25, 0.3) is 0 Å². The molecule has 3 nitrogen and oxygen atoms in total. The number of nitrogens with zero attached hydrogens (tertiary/aromatic N) is 3. The number of hydrogen-bond acceptors (Lipinski definition) is 2. The molecule has 0 amide bonds. The van der Waals surface area contributed by atoms with E-state index in [9.17, 15) is 0 Å². The van der Waals surface area contributed by atoms with Crippen molar-refractivity contribution in [2.75, 3.05) is 0 Å². The van der Waals surface area contributed by atoms with Crippen LogP contribution in [0.4, 0.5) is 0 Å². The molecule has 1 heterocycles. The van der Waals surface area contributed by atoms with Crippen molar-refractivity contribution in [1.82, 2.24) is 14.8 Å². The smallest absolute Gasteiger partial charge is 0.229 e. The maximum Gasteiger partial charge on any atom is 0.229 e. The average Bonchev–Trinajstić information content (AvgIpc) is 3.04. The Morgan fingerprint density at radius 3 is 2.53 bits per heavy atom. The van der Waals surface area contributed by atoms with Gasteiger partial charge < -0.3 is 0 Å². The Morgan fingerprint density at radius 1 is 1.13 bits per heavy atom. The topological polar surface area (TPSA) is 30.7 Å². The molecule has 0 spiro atoms. The molecule has 76 valence electrons. The molecular formula is C11H10ClN3. The van der Waals surface area contributed by atoms with Gasteiger partial charge in [-0.05, 0) is 36.6 Å². The predicted molar refractivity (Wildman–Crippen MR) is 58.3 cm³/mol. The van der Waals surface area contributed by atoms with Crippen molar-refractivity contribution >= 4 is 11.6 Å². The summed E-state index contributed by atoms with van der Waals surface area (Å²) in [6.07, 6.45) is 2.39. The lowest BCUT2D eigenvalue weighted by Crippen LogP contribution is -1.99. The van der Waals surface area contributed by atoms with Crippen LogP contribution in [0.15, 0.2) is 30.3 Å². The Morgan fingerprint density at radius 2 is 1.87 bits per heavy atom. The van der Waals surface area contributed by atoms with Gasteiger partial charge in [0.1, 0.15) is 5.82 Å². The van der Waals surface area contributed by atoms with Gasteiger partial charge in [-0.1, -0.05) is 18.2 Å². The van der Waals surface area contributed by atoms with Crippen molar-refractivity contribution in [3.8, 4) is 5.69 Å². The van der Waals surface area contributed by atoms with E-state index in [1.165, 1.54) is 12.8 Å². The monoisotopic (exact) mass is 219 g/mol. The van der Waals surface area contributed by atoms with Crippen LogP contribution in [0.2, 0.25) is 5.28 Å². The maximum atomic E-state index is 6.04. The van der Waals surface area contributed by atoms with Crippen molar-refractivity contribution in [1.29, 1.82) is 0 Å². The summed E-state index contributed by atoms with van der Waals surface area (Å²) in [5.74, 6) is 1.54.